The zero-order chi connectivity index (χ0) is 25.0. The van der Waals surface area contributed by atoms with Gasteiger partial charge in [0.1, 0.15) is 18.0 Å². The van der Waals surface area contributed by atoms with Gasteiger partial charge in [-0.25, -0.2) is 9.97 Å². The number of esters is 1. The summed E-state index contributed by atoms with van der Waals surface area (Å²) in [4.78, 5) is 23.7. The van der Waals surface area contributed by atoms with Crippen LogP contribution in [0, 0.1) is 0 Å². The highest BCUT2D eigenvalue weighted by Crippen LogP contribution is 2.25. The zero-order valence-electron chi connectivity index (χ0n) is 20.2. The van der Waals surface area contributed by atoms with E-state index in [2.05, 4.69) is 9.88 Å². The van der Waals surface area contributed by atoms with Crippen molar-refractivity contribution in [2.24, 2.45) is 0 Å². The first-order valence-corrected chi connectivity index (χ1v) is 12.4. The van der Waals surface area contributed by atoms with E-state index in [0.717, 1.165) is 47.6 Å². The Hall–Kier alpha value is -2.67. The Morgan fingerprint density at radius 3 is 2.57 bits per heavy atom. The van der Waals surface area contributed by atoms with E-state index in [4.69, 9.17) is 37.7 Å². The van der Waals surface area contributed by atoms with Crippen LogP contribution in [0.15, 0.2) is 48.7 Å². The van der Waals surface area contributed by atoms with Crippen molar-refractivity contribution in [2.45, 2.75) is 52.4 Å². The molecule has 1 aliphatic rings. The maximum Gasteiger partial charge on any atom is 0.307 e. The molecule has 0 aliphatic carbocycles. The number of fused-ring (bicyclic) bond motifs is 1. The minimum atomic E-state index is -0.453. The SMILES string of the molecule is CC(C)(C)OC(=O)CCN1CCc2nc(-c3ccc(OCc4ccc(Cl)c(Cl)c4)cc3)ncc2C1. The molecule has 0 spiro atoms. The fraction of sp³-hybridized carbons (Fsp3) is 0.370. The monoisotopic (exact) mass is 513 g/mol. The van der Waals surface area contributed by atoms with Crippen molar-refractivity contribution >= 4 is 29.2 Å². The van der Waals surface area contributed by atoms with Gasteiger partial charge in [-0.3, -0.25) is 9.69 Å². The predicted molar refractivity (Wildman–Crippen MR) is 138 cm³/mol. The van der Waals surface area contributed by atoms with Gasteiger partial charge >= 0.3 is 5.97 Å². The fourth-order valence-electron chi connectivity index (χ4n) is 3.84. The first-order chi connectivity index (χ1) is 16.7. The number of benzene rings is 2. The van der Waals surface area contributed by atoms with Gasteiger partial charge in [0.05, 0.1) is 22.2 Å². The van der Waals surface area contributed by atoms with Gasteiger partial charge in [0.2, 0.25) is 0 Å². The van der Waals surface area contributed by atoms with Crippen LogP contribution in [0.4, 0.5) is 0 Å². The summed E-state index contributed by atoms with van der Waals surface area (Å²) in [6.07, 6.45) is 3.10. The Balaban J connectivity index is 1.33. The van der Waals surface area contributed by atoms with E-state index in [-0.39, 0.29) is 5.97 Å². The molecule has 35 heavy (non-hydrogen) atoms. The van der Waals surface area contributed by atoms with Crippen LogP contribution in [-0.2, 0) is 29.1 Å². The lowest BCUT2D eigenvalue weighted by molar-refractivity contribution is -0.155. The second kappa shape index (κ2) is 10.9. The lowest BCUT2D eigenvalue weighted by Crippen LogP contribution is -2.34. The van der Waals surface area contributed by atoms with Gasteiger partial charge in [-0.15, -0.1) is 0 Å². The van der Waals surface area contributed by atoms with Gasteiger partial charge in [-0.2, -0.15) is 0 Å². The fourth-order valence-corrected chi connectivity index (χ4v) is 4.16. The number of hydrogen-bond donors (Lipinski definition) is 0. The van der Waals surface area contributed by atoms with Gasteiger partial charge < -0.3 is 9.47 Å². The van der Waals surface area contributed by atoms with Crippen molar-refractivity contribution in [3.63, 3.8) is 0 Å². The Bertz CT molecular complexity index is 1190. The predicted octanol–water partition coefficient (Wildman–Crippen LogP) is 6.12. The number of rotatable bonds is 7. The minimum Gasteiger partial charge on any atom is -0.489 e. The van der Waals surface area contributed by atoms with Crippen LogP contribution in [-0.4, -0.2) is 39.5 Å². The molecule has 6 nitrogen and oxygen atoms in total. The lowest BCUT2D eigenvalue weighted by atomic mass is 10.1. The molecule has 0 saturated heterocycles. The molecule has 3 aromatic rings. The van der Waals surface area contributed by atoms with Gasteiger partial charge in [0.25, 0.3) is 0 Å². The molecule has 0 atom stereocenters. The van der Waals surface area contributed by atoms with E-state index in [1.807, 2.05) is 57.3 Å². The zero-order valence-corrected chi connectivity index (χ0v) is 21.7. The number of carbonyl (C=O) groups is 1. The van der Waals surface area contributed by atoms with E-state index in [1.54, 1.807) is 12.1 Å². The van der Waals surface area contributed by atoms with Gasteiger partial charge in [-0.05, 0) is 62.7 Å². The molecule has 2 heterocycles. The molecular formula is C27H29Cl2N3O3. The van der Waals surface area contributed by atoms with Crippen LogP contribution in [0.1, 0.15) is 44.0 Å². The van der Waals surface area contributed by atoms with Gasteiger partial charge in [-0.1, -0.05) is 29.3 Å². The smallest absolute Gasteiger partial charge is 0.307 e. The first-order valence-electron chi connectivity index (χ1n) is 11.6. The van der Waals surface area contributed by atoms with Crippen LogP contribution in [0.2, 0.25) is 10.0 Å². The highest BCUT2D eigenvalue weighted by molar-refractivity contribution is 6.42. The average molecular weight is 514 g/mol. The molecule has 0 bridgehead atoms. The summed E-state index contributed by atoms with van der Waals surface area (Å²) < 4.78 is 11.3. The topological polar surface area (TPSA) is 64.5 Å². The molecule has 2 aromatic carbocycles. The van der Waals surface area contributed by atoms with Gasteiger partial charge in [0, 0.05) is 43.4 Å². The molecule has 1 aliphatic heterocycles. The Labute approximate surface area is 216 Å². The number of halogens is 2. The Kier molecular flexibility index (Phi) is 7.95. The first kappa shape index (κ1) is 25.4. The molecular weight excluding hydrogens is 485 g/mol. The molecule has 1 aromatic heterocycles. The highest BCUT2D eigenvalue weighted by atomic mass is 35.5. The molecule has 184 valence electrons. The Morgan fingerprint density at radius 2 is 1.86 bits per heavy atom. The average Bonchev–Trinajstić information content (AvgIpc) is 2.82. The van der Waals surface area contributed by atoms with Gasteiger partial charge in [0.15, 0.2) is 5.82 Å². The van der Waals surface area contributed by atoms with E-state index < -0.39 is 5.60 Å². The molecule has 0 amide bonds. The third kappa shape index (κ3) is 7.17. The Morgan fingerprint density at radius 1 is 1.09 bits per heavy atom. The summed E-state index contributed by atoms with van der Waals surface area (Å²) in [7, 11) is 0. The summed E-state index contributed by atoms with van der Waals surface area (Å²) in [5, 5.41) is 1.04. The second-order valence-electron chi connectivity index (χ2n) is 9.59. The number of nitrogens with zero attached hydrogens (tertiary/aromatic N) is 3. The standard InChI is InChI=1S/C27H29Cl2N3O3/c1-27(2,3)35-25(33)11-13-32-12-10-24-20(16-32)15-30-26(31-24)19-5-7-21(8-6-19)34-17-18-4-9-22(28)23(29)14-18/h4-9,14-15H,10-13,16-17H2,1-3H3. The summed E-state index contributed by atoms with van der Waals surface area (Å²) in [6, 6.07) is 13.2. The molecule has 0 fully saturated rings. The highest BCUT2D eigenvalue weighted by Gasteiger charge is 2.21. The lowest BCUT2D eigenvalue weighted by Gasteiger charge is -2.28. The molecule has 0 N–H and O–H groups in total. The summed E-state index contributed by atoms with van der Waals surface area (Å²) in [5.41, 5.74) is 3.59. The maximum absolute atomic E-state index is 12.0. The maximum atomic E-state index is 12.0. The molecule has 8 heteroatoms. The summed E-state index contributed by atoms with van der Waals surface area (Å²) in [6.45, 7) is 8.31. The van der Waals surface area contributed by atoms with Crippen LogP contribution in [0.3, 0.4) is 0 Å². The largest absolute Gasteiger partial charge is 0.489 e. The third-order valence-electron chi connectivity index (χ3n) is 5.57. The number of aromatic nitrogens is 2. The molecule has 0 unspecified atom stereocenters. The summed E-state index contributed by atoms with van der Waals surface area (Å²) in [5.74, 6) is 1.28. The summed E-state index contributed by atoms with van der Waals surface area (Å²) >= 11 is 12.0. The van der Waals surface area contributed by atoms with E-state index in [1.165, 1.54) is 0 Å². The third-order valence-corrected chi connectivity index (χ3v) is 6.31. The van der Waals surface area contributed by atoms with E-state index >= 15 is 0 Å². The normalized spacial score (nSPS) is 13.9. The van der Waals surface area contributed by atoms with Crippen LogP contribution >= 0.6 is 23.2 Å². The number of carbonyl (C=O) groups excluding carboxylic acids is 1. The quantitative estimate of drug-likeness (QED) is 0.354. The van der Waals surface area contributed by atoms with Crippen LogP contribution in [0.5, 0.6) is 5.75 Å². The number of hydrogen-bond acceptors (Lipinski definition) is 6. The van der Waals surface area contributed by atoms with Crippen molar-refractivity contribution in [2.75, 3.05) is 13.1 Å². The molecule has 0 saturated carbocycles. The van der Waals surface area contributed by atoms with E-state index in [0.29, 0.717) is 35.4 Å². The number of ether oxygens (including phenoxy) is 2. The second-order valence-corrected chi connectivity index (χ2v) is 10.4. The van der Waals surface area contributed by atoms with Crippen LogP contribution < -0.4 is 4.74 Å². The van der Waals surface area contributed by atoms with Crippen molar-refractivity contribution in [1.29, 1.82) is 0 Å². The van der Waals surface area contributed by atoms with Crippen LogP contribution in [0.25, 0.3) is 11.4 Å². The van der Waals surface area contributed by atoms with Crippen molar-refractivity contribution in [3.05, 3.63) is 75.5 Å². The van der Waals surface area contributed by atoms with Crippen molar-refractivity contribution < 1.29 is 14.3 Å². The van der Waals surface area contributed by atoms with Crippen molar-refractivity contribution in [1.82, 2.24) is 14.9 Å². The minimum absolute atomic E-state index is 0.167. The van der Waals surface area contributed by atoms with Crippen molar-refractivity contribution in [3.8, 4) is 17.1 Å². The molecule has 4 rings (SSSR count). The molecule has 0 radical (unpaired) electrons. The van der Waals surface area contributed by atoms with E-state index in [9.17, 15) is 4.79 Å².